The third kappa shape index (κ3) is 2.56. The third-order valence-electron chi connectivity index (χ3n) is 3.92. The molecule has 0 radical (unpaired) electrons. The van der Waals surface area contributed by atoms with E-state index < -0.39 is 0 Å². The molecule has 0 aliphatic carbocycles. The Morgan fingerprint density at radius 1 is 1.43 bits per heavy atom. The van der Waals surface area contributed by atoms with E-state index in [0.29, 0.717) is 23.9 Å². The number of nitrogens with two attached hydrogens (primary N) is 1. The van der Waals surface area contributed by atoms with Gasteiger partial charge in [-0.25, -0.2) is 4.98 Å². The summed E-state index contributed by atoms with van der Waals surface area (Å²) in [6, 6.07) is 9.71. The summed E-state index contributed by atoms with van der Waals surface area (Å²) in [4.78, 5) is 18.8. The third-order valence-corrected chi connectivity index (χ3v) is 3.92. The average Bonchev–Trinajstić information content (AvgIpc) is 3.13. The van der Waals surface area contributed by atoms with Crippen molar-refractivity contribution in [1.82, 2.24) is 9.88 Å². The van der Waals surface area contributed by atoms with Gasteiger partial charge in [0.2, 0.25) is 11.7 Å². The van der Waals surface area contributed by atoms with Crippen molar-refractivity contribution in [2.45, 2.75) is 25.8 Å². The van der Waals surface area contributed by atoms with Crippen LogP contribution in [0.3, 0.4) is 0 Å². The van der Waals surface area contributed by atoms with Gasteiger partial charge in [0.15, 0.2) is 0 Å². The second kappa shape index (κ2) is 5.69. The number of hydrogen-bond donors (Lipinski definition) is 1. The lowest BCUT2D eigenvalue weighted by Gasteiger charge is -2.22. The number of oxazole rings is 1. The number of rotatable bonds is 3. The lowest BCUT2D eigenvalue weighted by atomic mass is 10.2. The summed E-state index contributed by atoms with van der Waals surface area (Å²) in [6.07, 6.45) is 1.95. The molecule has 1 aliphatic heterocycles. The molecule has 0 unspecified atom stereocenters. The quantitative estimate of drug-likeness (QED) is 0.938. The number of carbonyl (C=O) groups excluding carboxylic acids is 1. The zero-order valence-electron chi connectivity index (χ0n) is 12.1. The first-order valence-electron chi connectivity index (χ1n) is 7.24. The van der Waals surface area contributed by atoms with Crippen LogP contribution in [0.4, 0.5) is 0 Å². The monoisotopic (exact) mass is 285 g/mol. The van der Waals surface area contributed by atoms with Crippen LogP contribution in [0.2, 0.25) is 0 Å². The molecule has 2 heterocycles. The van der Waals surface area contributed by atoms with Crippen LogP contribution in [0.25, 0.3) is 11.5 Å². The van der Waals surface area contributed by atoms with Gasteiger partial charge in [0.25, 0.3) is 5.91 Å². The number of amides is 1. The van der Waals surface area contributed by atoms with E-state index in [1.165, 1.54) is 0 Å². The average molecular weight is 285 g/mol. The smallest absolute Gasteiger partial charge is 0.291 e. The molecular formula is C16H19N3O2. The first-order chi connectivity index (χ1) is 10.2. The number of nitrogens with zero attached hydrogens (tertiary/aromatic N) is 2. The fraction of sp³-hybridized carbons (Fsp3) is 0.375. The second-order valence-corrected chi connectivity index (χ2v) is 5.33. The van der Waals surface area contributed by atoms with Gasteiger partial charge in [-0.3, -0.25) is 4.79 Å². The molecule has 2 N–H and O–H groups in total. The Bertz CT molecular complexity index is 636. The van der Waals surface area contributed by atoms with Gasteiger partial charge in [-0.15, -0.1) is 0 Å². The molecule has 5 heteroatoms. The molecule has 1 aromatic heterocycles. The Kier molecular flexibility index (Phi) is 3.75. The summed E-state index contributed by atoms with van der Waals surface area (Å²) >= 11 is 0. The number of aromatic nitrogens is 1. The van der Waals surface area contributed by atoms with Crippen LogP contribution in [0.15, 0.2) is 34.7 Å². The molecule has 1 atom stereocenters. The summed E-state index contributed by atoms with van der Waals surface area (Å²) in [5.74, 6) is 0.712. The molecule has 21 heavy (non-hydrogen) atoms. The predicted molar refractivity (Wildman–Crippen MR) is 79.8 cm³/mol. The maximum Gasteiger partial charge on any atom is 0.291 e. The summed E-state index contributed by atoms with van der Waals surface area (Å²) in [7, 11) is 0. The van der Waals surface area contributed by atoms with Crippen LogP contribution in [-0.4, -0.2) is 34.9 Å². The van der Waals surface area contributed by atoms with Gasteiger partial charge in [0.1, 0.15) is 0 Å². The van der Waals surface area contributed by atoms with Gasteiger partial charge < -0.3 is 15.1 Å². The molecular weight excluding hydrogens is 266 g/mol. The first-order valence-corrected chi connectivity index (χ1v) is 7.24. The Morgan fingerprint density at radius 3 is 2.90 bits per heavy atom. The van der Waals surface area contributed by atoms with Crippen molar-refractivity contribution in [3.8, 4) is 11.5 Å². The molecule has 1 saturated heterocycles. The lowest BCUT2D eigenvalue weighted by Crippen LogP contribution is -2.40. The van der Waals surface area contributed by atoms with E-state index in [0.717, 1.165) is 24.9 Å². The molecule has 0 spiro atoms. The van der Waals surface area contributed by atoms with E-state index in [2.05, 4.69) is 4.98 Å². The molecule has 0 saturated carbocycles. The zero-order valence-corrected chi connectivity index (χ0v) is 12.1. The van der Waals surface area contributed by atoms with E-state index in [9.17, 15) is 4.79 Å². The highest BCUT2D eigenvalue weighted by Crippen LogP contribution is 2.25. The van der Waals surface area contributed by atoms with Crippen molar-refractivity contribution < 1.29 is 9.21 Å². The summed E-state index contributed by atoms with van der Waals surface area (Å²) in [5, 5.41) is 0. The highest BCUT2D eigenvalue weighted by Gasteiger charge is 2.31. The van der Waals surface area contributed by atoms with Gasteiger partial charge in [-0.1, -0.05) is 18.2 Å². The molecule has 2 aromatic rings. The van der Waals surface area contributed by atoms with Crippen molar-refractivity contribution in [3.63, 3.8) is 0 Å². The number of benzene rings is 1. The zero-order chi connectivity index (χ0) is 14.8. The highest BCUT2D eigenvalue weighted by molar-refractivity contribution is 5.93. The van der Waals surface area contributed by atoms with Gasteiger partial charge in [-0.05, 0) is 31.9 Å². The van der Waals surface area contributed by atoms with Gasteiger partial charge in [0, 0.05) is 24.7 Å². The minimum atomic E-state index is -0.102. The van der Waals surface area contributed by atoms with Crippen molar-refractivity contribution in [2.24, 2.45) is 5.73 Å². The normalized spacial score (nSPS) is 18.2. The predicted octanol–water partition coefficient (Wildman–Crippen LogP) is 2.21. The molecule has 1 aromatic carbocycles. The molecule has 1 amide bonds. The first kappa shape index (κ1) is 13.8. The van der Waals surface area contributed by atoms with Crippen molar-refractivity contribution >= 4 is 5.91 Å². The van der Waals surface area contributed by atoms with Crippen LogP contribution in [0, 0.1) is 6.92 Å². The van der Waals surface area contributed by atoms with Crippen LogP contribution in [-0.2, 0) is 0 Å². The summed E-state index contributed by atoms with van der Waals surface area (Å²) < 4.78 is 5.72. The number of likely N-dealkylation sites (tertiary alicyclic amines) is 1. The van der Waals surface area contributed by atoms with Gasteiger partial charge >= 0.3 is 0 Å². The standard InChI is InChI=1S/C16H19N3O2/c1-11-14(16(20)19-9-5-8-13(19)10-17)21-15(18-11)12-6-3-2-4-7-12/h2-4,6-7,13H,5,8-10,17H2,1H3/t13-/m1/s1. The molecule has 1 aliphatic rings. The van der Waals surface area contributed by atoms with E-state index >= 15 is 0 Å². The topological polar surface area (TPSA) is 72.4 Å². The highest BCUT2D eigenvalue weighted by atomic mass is 16.4. The minimum absolute atomic E-state index is 0.102. The lowest BCUT2D eigenvalue weighted by molar-refractivity contribution is 0.0709. The van der Waals surface area contributed by atoms with Crippen LogP contribution in [0.5, 0.6) is 0 Å². The van der Waals surface area contributed by atoms with Gasteiger partial charge in [0.05, 0.1) is 5.69 Å². The van der Waals surface area contributed by atoms with Crippen LogP contribution < -0.4 is 5.73 Å². The fourth-order valence-corrected chi connectivity index (χ4v) is 2.78. The van der Waals surface area contributed by atoms with E-state index in [-0.39, 0.29) is 11.9 Å². The van der Waals surface area contributed by atoms with E-state index in [4.69, 9.17) is 10.2 Å². The van der Waals surface area contributed by atoms with Gasteiger partial charge in [-0.2, -0.15) is 0 Å². The number of hydrogen-bond acceptors (Lipinski definition) is 4. The van der Waals surface area contributed by atoms with E-state index in [1.807, 2.05) is 35.2 Å². The SMILES string of the molecule is Cc1nc(-c2ccccc2)oc1C(=O)N1CCC[C@@H]1CN. The Labute approximate surface area is 123 Å². The maximum absolute atomic E-state index is 12.6. The van der Waals surface area contributed by atoms with Crippen molar-refractivity contribution in [3.05, 3.63) is 41.8 Å². The van der Waals surface area contributed by atoms with E-state index in [1.54, 1.807) is 6.92 Å². The largest absolute Gasteiger partial charge is 0.431 e. The van der Waals surface area contributed by atoms with Crippen LogP contribution in [0.1, 0.15) is 29.1 Å². The fourth-order valence-electron chi connectivity index (χ4n) is 2.78. The van der Waals surface area contributed by atoms with Crippen molar-refractivity contribution in [1.29, 1.82) is 0 Å². The minimum Gasteiger partial charge on any atom is -0.431 e. The maximum atomic E-state index is 12.6. The molecule has 3 rings (SSSR count). The molecule has 0 bridgehead atoms. The van der Waals surface area contributed by atoms with Crippen molar-refractivity contribution in [2.75, 3.05) is 13.1 Å². The Morgan fingerprint density at radius 2 is 2.19 bits per heavy atom. The number of carbonyl (C=O) groups is 1. The van der Waals surface area contributed by atoms with Crippen LogP contribution >= 0.6 is 0 Å². The summed E-state index contributed by atoms with van der Waals surface area (Å²) in [6.45, 7) is 3.03. The molecule has 5 nitrogen and oxygen atoms in total. The Balaban J connectivity index is 1.89. The molecule has 1 fully saturated rings. The molecule has 110 valence electrons. The second-order valence-electron chi connectivity index (χ2n) is 5.33. The summed E-state index contributed by atoms with van der Waals surface area (Å²) in [5.41, 5.74) is 7.23. The Hall–Kier alpha value is -2.14. The number of aryl methyl sites for hydroxylation is 1.